The SMILES string of the molecule is O=C1C=CC2=c3ccc([N+](=O)[O-])c([N+](=O)[O-])c3=CC2=C1. The lowest BCUT2D eigenvalue weighted by molar-refractivity contribution is -0.423. The van der Waals surface area contributed by atoms with Crippen LogP contribution in [0.4, 0.5) is 11.4 Å². The van der Waals surface area contributed by atoms with E-state index in [1.165, 1.54) is 24.3 Å². The second-order valence-corrected chi connectivity index (χ2v) is 4.30. The van der Waals surface area contributed by atoms with Crippen molar-refractivity contribution in [1.82, 2.24) is 0 Å². The highest BCUT2D eigenvalue weighted by molar-refractivity contribution is 6.10. The average Bonchev–Trinajstić information content (AvgIpc) is 2.73. The Kier molecular flexibility index (Phi) is 2.37. The van der Waals surface area contributed by atoms with E-state index in [9.17, 15) is 25.0 Å². The van der Waals surface area contributed by atoms with Crippen molar-refractivity contribution in [3.63, 3.8) is 0 Å². The predicted molar refractivity (Wildman–Crippen MR) is 69.1 cm³/mol. The van der Waals surface area contributed by atoms with Crippen molar-refractivity contribution < 1.29 is 14.6 Å². The van der Waals surface area contributed by atoms with Gasteiger partial charge in [-0.1, -0.05) is 0 Å². The predicted octanol–water partition coefficient (Wildman–Crippen LogP) is 0.513. The van der Waals surface area contributed by atoms with Gasteiger partial charge < -0.3 is 0 Å². The molecule has 3 rings (SSSR count). The van der Waals surface area contributed by atoms with Crippen molar-refractivity contribution in [2.45, 2.75) is 0 Å². The minimum absolute atomic E-state index is 0.171. The third kappa shape index (κ3) is 1.57. The summed E-state index contributed by atoms with van der Waals surface area (Å²) in [6.07, 6.45) is 5.71. The van der Waals surface area contributed by atoms with Gasteiger partial charge in [0.2, 0.25) is 0 Å². The maximum Gasteiger partial charge on any atom is 0.353 e. The van der Waals surface area contributed by atoms with Crippen LogP contribution in [0.2, 0.25) is 0 Å². The van der Waals surface area contributed by atoms with E-state index in [4.69, 9.17) is 0 Å². The number of hydrogen-bond acceptors (Lipinski definition) is 5. The number of ketones is 1. The van der Waals surface area contributed by atoms with Crippen LogP contribution in [0.25, 0.3) is 11.6 Å². The van der Waals surface area contributed by atoms with Crippen molar-refractivity contribution >= 4 is 28.8 Å². The van der Waals surface area contributed by atoms with Gasteiger partial charge in [-0.2, -0.15) is 0 Å². The Labute approximate surface area is 111 Å². The van der Waals surface area contributed by atoms with Crippen LogP contribution in [0.3, 0.4) is 0 Å². The van der Waals surface area contributed by atoms with Crippen LogP contribution in [-0.4, -0.2) is 15.6 Å². The molecule has 98 valence electrons. The van der Waals surface area contributed by atoms with E-state index >= 15 is 0 Å². The molecule has 0 spiro atoms. The zero-order valence-electron chi connectivity index (χ0n) is 9.90. The number of nitro benzene ring substituents is 2. The van der Waals surface area contributed by atoms with Crippen molar-refractivity contribution in [1.29, 1.82) is 0 Å². The van der Waals surface area contributed by atoms with E-state index in [1.807, 2.05) is 0 Å². The molecule has 1 aromatic rings. The summed E-state index contributed by atoms with van der Waals surface area (Å²) in [5.41, 5.74) is 0.102. The lowest BCUT2D eigenvalue weighted by Crippen LogP contribution is -2.26. The van der Waals surface area contributed by atoms with Gasteiger partial charge in [0, 0.05) is 6.07 Å². The van der Waals surface area contributed by atoms with Crippen molar-refractivity contribution in [2.24, 2.45) is 0 Å². The van der Waals surface area contributed by atoms with Gasteiger partial charge in [-0.05, 0) is 46.7 Å². The highest BCUT2D eigenvalue weighted by Gasteiger charge is 2.29. The van der Waals surface area contributed by atoms with E-state index in [2.05, 4.69) is 0 Å². The van der Waals surface area contributed by atoms with E-state index in [0.717, 1.165) is 6.07 Å². The Morgan fingerprint density at radius 1 is 0.950 bits per heavy atom. The number of fused-ring (bicyclic) bond motifs is 2. The molecule has 0 fully saturated rings. The first kappa shape index (κ1) is 12.0. The molecule has 0 amide bonds. The normalized spacial score (nSPS) is 15.3. The first-order chi connectivity index (χ1) is 9.49. The number of benzene rings is 1. The summed E-state index contributed by atoms with van der Waals surface area (Å²) in [5.74, 6) is -0.218. The second-order valence-electron chi connectivity index (χ2n) is 4.30. The monoisotopic (exact) mass is 270 g/mol. The molecule has 0 unspecified atom stereocenters. The van der Waals surface area contributed by atoms with Gasteiger partial charge >= 0.3 is 11.4 Å². The molecule has 0 aliphatic heterocycles. The smallest absolute Gasteiger partial charge is 0.290 e. The maximum atomic E-state index is 11.3. The Bertz CT molecular complexity index is 877. The third-order valence-corrected chi connectivity index (χ3v) is 3.19. The number of carbonyl (C=O) groups is 1. The van der Waals surface area contributed by atoms with E-state index in [0.29, 0.717) is 16.4 Å². The van der Waals surface area contributed by atoms with Crippen LogP contribution in [0.15, 0.2) is 35.9 Å². The van der Waals surface area contributed by atoms with Gasteiger partial charge in [-0.3, -0.25) is 25.0 Å². The molecule has 2 aliphatic rings. The Morgan fingerprint density at radius 3 is 2.35 bits per heavy atom. The van der Waals surface area contributed by atoms with E-state index < -0.39 is 21.2 Å². The Hall–Kier alpha value is -3.09. The molecule has 7 heteroatoms. The fourth-order valence-electron chi connectivity index (χ4n) is 2.38. The number of nitrogens with zero attached hydrogens (tertiary/aromatic N) is 2. The molecule has 0 aromatic heterocycles. The lowest BCUT2D eigenvalue weighted by Gasteiger charge is -2.02. The highest BCUT2D eigenvalue weighted by atomic mass is 16.6. The fraction of sp³-hybridized carbons (Fsp3) is 0. The van der Waals surface area contributed by atoms with Gasteiger partial charge in [0.25, 0.3) is 0 Å². The highest BCUT2D eigenvalue weighted by Crippen LogP contribution is 2.26. The summed E-state index contributed by atoms with van der Waals surface area (Å²) >= 11 is 0. The largest absolute Gasteiger partial charge is 0.353 e. The molecule has 0 radical (unpaired) electrons. The van der Waals surface area contributed by atoms with Crippen molar-refractivity contribution in [2.75, 3.05) is 0 Å². The van der Waals surface area contributed by atoms with Crippen LogP contribution in [0.5, 0.6) is 0 Å². The molecule has 0 saturated heterocycles. The summed E-state index contributed by atoms with van der Waals surface area (Å²) in [4.78, 5) is 31.8. The lowest BCUT2D eigenvalue weighted by atomic mass is 10.0. The van der Waals surface area contributed by atoms with Gasteiger partial charge in [-0.15, -0.1) is 0 Å². The molecule has 1 aromatic carbocycles. The molecule has 7 nitrogen and oxygen atoms in total. The molecule has 0 saturated carbocycles. The first-order valence-electron chi connectivity index (χ1n) is 5.61. The summed E-state index contributed by atoms with van der Waals surface area (Å²) in [6.45, 7) is 0. The van der Waals surface area contributed by atoms with Gasteiger partial charge in [0.1, 0.15) is 0 Å². The van der Waals surface area contributed by atoms with Crippen LogP contribution < -0.4 is 10.4 Å². The second kappa shape index (κ2) is 3.95. The van der Waals surface area contributed by atoms with E-state index in [-0.39, 0.29) is 11.0 Å². The van der Waals surface area contributed by atoms with Gasteiger partial charge in [-0.25, -0.2) is 0 Å². The number of rotatable bonds is 2. The summed E-state index contributed by atoms with van der Waals surface area (Å²) in [5, 5.41) is 22.7. The maximum absolute atomic E-state index is 11.3. The quantitative estimate of drug-likeness (QED) is 0.575. The van der Waals surface area contributed by atoms with E-state index in [1.54, 1.807) is 6.08 Å². The fourth-order valence-corrected chi connectivity index (χ4v) is 2.38. The standard InChI is InChI=1S/C13H6N2O5/c16-8-1-2-9-7(5-8)6-11-10(9)3-4-12(14(17)18)13(11)15(19)20/h1-6H. The van der Waals surface area contributed by atoms with Crippen LogP contribution >= 0.6 is 0 Å². The minimum atomic E-state index is -0.783. The Balaban J connectivity index is 2.46. The molecule has 0 N–H and O–H groups in total. The number of nitro groups is 2. The zero-order valence-corrected chi connectivity index (χ0v) is 9.90. The molecule has 0 atom stereocenters. The van der Waals surface area contributed by atoms with Crippen LogP contribution in [0, 0.1) is 20.2 Å². The summed E-state index contributed by atoms with van der Waals surface area (Å²) in [7, 11) is 0. The molecular formula is C13H6N2O5. The molecule has 0 heterocycles. The van der Waals surface area contributed by atoms with Crippen molar-refractivity contribution in [3.8, 4) is 0 Å². The zero-order chi connectivity index (χ0) is 14.4. The number of allylic oxidation sites excluding steroid dienone is 4. The van der Waals surface area contributed by atoms with Crippen LogP contribution in [-0.2, 0) is 4.79 Å². The van der Waals surface area contributed by atoms with Crippen LogP contribution in [0.1, 0.15) is 0 Å². The summed E-state index contributed by atoms with van der Waals surface area (Å²) in [6, 6.07) is 2.58. The minimum Gasteiger partial charge on any atom is -0.290 e. The third-order valence-electron chi connectivity index (χ3n) is 3.19. The number of hydrogen-bond donors (Lipinski definition) is 0. The molecular weight excluding hydrogens is 264 g/mol. The average molecular weight is 270 g/mol. The Morgan fingerprint density at radius 2 is 1.70 bits per heavy atom. The summed E-state index contributed by atoms with van der Waals surface area (Å²) < 4.78 is 0. The molecule has 0 bridgehead atoms. The topological polar surface area (TPSA) is 103 Å². The first-order valence-corrected chi connectivity index (χ1v) is 5.61. The molecule has 2 aliphatic carbocycles. The van der Waals surface area contributed by atoms with Gasteiger partial charge in [0.05, 0.1) is 15.1 Å². The number of carbonyl (C=O) groups excluding carboxylic acids is 1. The molecule has 20 heavy (non-hydrogen) atoms. The van der Waals surface area contributed by atoms with Crippen molar-refractivity contribution in [3.05, 3.63) is 66.6 Å². The van der Waals surface area contributed by atoms with Gasteiger partial charge in [0.15, 0.2) is 5.78 Å².